The van der Waals surface area contributed by atoms with Gasteiger partial charge in [0, 0.05) is 0 Å². The van der Waals surface area contributed by atoms with E-state index in [-0.39, 0.29) is 5.60 Å². The molecule has 0 radical (unpaired) electrons. The average molecular weight is 262 g/mol. The van der Waals surface area contributed by atoms with Crippen LogP contribution in [0.25, 0.3) is 0 Å². The fourth-order valence-electron chi connectivity index (χ4n) is 1.47. The number of methoxy groups -OCH3 is 1. The normalized spacial score (nSPS) is 29.3. The van der Waals surface area contributed by atoms with Crippen molar-refractivity contribution in [2.24, 2.45) is 0 Å². The molecule has 0 saturated carbocycles. The van der Waals surface area contributed by atoms with Crippen LogP contribution < -0.4 is 4.35 Å². The summed E-state index contributed by atoms with van der Waals surface area (Å²) in [6.07, 6.45) is 4.36. The van der Waals surface area contributed by atoms with E-state index in [0.717, 1.165) is 0 Å². The Balaban J connectivity index is 2.18. The van der Waals surface area contributed by atoms with E-state index in [1.165, 1.54) is 4.35 Å². The van der Waals surface area contributed by atoms with Crippen LogP contribution in [0.3, 0.4) is 0 Å². The molecule has 0 spiro atoms. The van der Waals surface area contributed by atoms with Gasteiger partial charge in [-0.1, -0.05) is 0 Å². The summed E-state index contributed by atoms with van der Waals surface area (Å²) in [7, 11) is 1.75. The average Bonchev–Trinajstić information content (AvgIpc) is 2.31. The number of benzene rings is 1. The molecule has 15 heavy (non-hydrogen) atoms. The molecule has 78 valence electrons. The minimum atomic E-state index is -1.09. The summed E-state index contributed by atoms with van der Waals surface area (Å²) in [4.78, 5) is 4.68. The third-order valence-corrected chi connectivity index (χ3v) is 6.48. The van der Waals surface area contributed by atoms with Gasteiger partial charge in [0.05, 0.1) is 0 Å². The van der Waals surface area contributed by atoms with Crippen molar-refractivity contribution >= 4 is 19.0 Å². The van der Waals surface area contributed by atoms with E-state index in [0.29, 0.717) is 0 Å². The molecule has 1 heterocycles. The van der Waals surface area contributed by atoms with Crippen LogP contribution in [0.2, 0.25) is 0 Å². The van der Waals surface area contributed by atoms with E-state index in [4.69, 9.17) is 4.74 Å². The molecule has 0 saturated heterocycles. The van der Waals surface area contributed by atoms with Gasteiger partial charge in [-0.15, -0.1) is 0 Å². The molecule has 0 aromatic heterocycles. The molecule has 0 bridgehead atoms. The summed E-state index contributed by atoms with van der Waals surface area (Å²) >= 11 is -1.09. The first-order valence-corrected chi connectivity index (χ1v) is 8.11. The summed E-state index contributed by atoms with van der Waals surface area (Å²) in [5.74, 6) is 0. The second-order valence-electron chi connectivity index (χ2n) is 3.76. The topological polar surface area (TPSA) is 9.23 Å². The van der Waals surface area contributed by atoms with Crippen molar-refractivity contribution in [2.45, 2.75) is 12.5 Å². The molecular formula is C13H15AsO. The van der Waals surface area contributed by atoms with Crippen LogP contribution in [0.1, 0.15) is 6.92 Å². The van der Waals surface area contributed by atoms with E-state index >= 15 is 0 Å². The van der Waals surface area contributed by atoms with Gasteiger partial charge in [-0.3, -0.25) is 0 Å². The van der Waals surface area contributed by atoms with Gasteiger partial charge in [0.15, 0.2) is 0 Å². The van der Waals surface area contributed by atoms with Crippen LogP contribution in [0.15, 0.2) is 52.2 Å². The predicted molar refractivity (Wildman–Crippen MR) is 65.5 cm³/mol. The number of ether oxygens (including phenoxy) is 1. The standard InChI is InChI=1S/C13H15AsO/c1-13(15-2)8-10-14(11-9-13)12-6-4-3-5-7-12/h3-11H,1-2H3. The predicted octanol–water partition coefficient (Wildman–Crippen LogP) is 2.00. The summed E-state index contributed by atoms with van der Waals surface area (Å²) < 4.78 is 6.88. The molecule has 0 fully saturated rings. The SMILES string of the molecule is COC1(C)C=C[As](c2ccccc2)C=C1. The molecule has 1 aromatic rings. The Morgan fingerprint density at radius 2 is 1.67 bits per heavy atom. The Kier molecular flexibility index (Phi) is 3.13. The van der Waals surface area contributed by atoms with Crippen LogP contribution in [0.4, 0.5) is 0 Å². The van der Waals surface area contributed by atoms with Gasteiger partial charge in [-0.05, 0) is 0 Å². The third-order valence-electron chi connectivity index (χ3n) is 2.63. The Morgan fingerprint density at radius 1 is 1.07 bits per heavy atom. The number of hydrogen-bond donors (Lipinski definition) is 0. The van der Waals surface area contributed by atoms with Crippen LogP contribution in [0.5, 0.6) is 0 Å². The van der Waals surface area contributed by atoms with Crippen LogP contribution >= 0.6 is 0 Å². The molecule has 0 N–H and O–H groups in total. The van der Waals surface area contributed by atoms with Crippen molar-refractivity contribution in [1.29, 1.82) is 0 Å². The molecule has 0 aliphatic carbocycles. The zero-order valence-corrected chi connectivity index (χ0v) is 10.9. The van der Waals surface area contributed by atoms with Crippen molar-refractivity contribution in [3.8, 4) is 0 Å². The van der Waals surface area contributed by atoms with Gasteiger partial charge in [0.2, 0.25) is 0 Å². The van der Waals surface area contributed by atoms with Crippen LogP contribution in [-0.2, 0) is 4.74 Å². The molecule has 2 heteroatoms. The third kappa shape index (κ3) is 2.42. The molecule has 1 aromatic carbocycles. The van der Waals surface area contributed by atoms with E-state index < -0.39 is 14.7 Å². The first-order valence-electron chi connectivity index (χ1n) is 5.01. The molecular weight excluding hydrogens is 247 g/mol. The van der Waals surface area contributed by atoms with Gasteiger partial charge in [-0.25, -0.2) is 0 Å². The van der Waals surface area contributed by atoms with Gasteiger partial charge in [-0.2, -0.15) is 0 Å². The Bertz CT molecular complexity index is 367. The Labute approximate surface area is 95.7 Å². The molecule has 0 atom stereocenters. The summed E-state index contributed by atoms with van der Waals surface area (Å²) in [5, 5.41) is 0. The number of hydrogen-bond acceptors (Lipinski definition) is 1. The van der Waals surface area contributed by atoms with Crippen molar-refractivity contribution in [1.82, 2.24) is 0 Å². The Morgan fingerprint density at radius 3 is 2.20 bits per heavy atom. The zero-order chi connectivity index (χ0) is 10.7. The summed E-state index contributed by atoms with van der Waals surface area (Å²) in [6.45, 7) is 2.08. The summed E-state index contributed by atoms with van der Waals surface area (Å²) in [5.41, 5.74) is -0.194. The fourth-order valence-corrected chi connectivity index (χ4v) is 5.40. The molecule has 2 rings (SSSR count). The van der Waals surface area contributed by atoms with Gasteiger partial charge in [0.1, 0.15) is 0 Å². The van der Waals surface area contributed by atoms with E-state index in [1.54, 1.807) is 7.11 Å². The maximum absolute atomic E-state index is 5.41. The minimum absolute atomic E-state index is 0.194. The van der Waals surface area contributed by atoms with Crippen LogP contribution in [0, 0.1) is 0 Å². The Hall–Kier alpha value is -0.782. The maximum atomic E-state index is 5.41. The van der Waals surface area contributed by atoms with Gasteiger partial charge in [0.25, 0.3) is 0 Å². The van der Waals surface area contributed by atoms with Crippen molar-refractivity contribution < 1.29 is 4.74 Å². The second kappa shape index (κ2) is 4.38. The van der Waals surface area contributed by atoms with Crippen LogP contribution in [-0.4, -0.2) is 27.4 Å². The van der Waals surface area contributed by atoms with E-state index in [1.807, 2.05) is 0 Å². The van der Waals surface area contributed by atoms with Gasteiger partial charge >= 0.3 is 95.6 Å². The van der Waals surface area contributed by atoms with Gasteiger partial charge < -0.3 is 0 Å². The van der Waals surface area contributed by atoms with Crippen molar-refractivity contribution in [3.63, 3.8) is 0 Å². The first kappa shape index (κ1) is 10.7. The van der Waals surface area contributed by atoms with E-state index in [9.17, 15) is 0 Å². The monoisotopic (exact) mass is 262 g/mol. The van der Waals surface area contributed by atoms with Crippen molar-refractivity contribution in [2.75, 3.05) is 7.11 Å². The molecule has 0 unspecified atom stereocenters. The summed E-state index contributed by atoms with van der Waals surface area (Å²) in [6, 6.07) is 10.7. The zero-order valence-electron chi connectivity index (χ0n) is 9.05. The first-order chi connectivity index (χ1) is 7.23. The molecule has 1 aliphatic rings. The molecule has 1 aliphatic heterocycles. The second-order valence-corrected chi connectivity index (χ2v) is 7.81. The van der Waals surface area contributed by atoms with Crippen molar-refractivity contribution in [3.05, 3.63) is 52.2 Å². The quantitative estimate of drug-likeness (QED) is 0.741. The number of rotatable bonds is 2. The molecule has 1 nitrogen and oxygen atoms in total. The van der Waals surface area contributed by atoms with E-state index in [2.05, 4.69) is 59.1 Å². The molecule has 0 amide bonds. The fraction of sp³-hybridized carbons (Fsp3) is 0.231.